The van der Waals surface area contributed by atoms with Gasteiger partial charge in [-0.15, -0.1) is 11.3 Å². The normalized spacial score (nSPS) is 14.4. The SMILES string of the molecule is Cc1cc(C(C)N[C@@H](C)c2ccccc2Br)c(C)s1. The van der Waals surface area contributed by atoms with Gasteiger partial charge in [-0.1, -0.05) is 34.1 Å². The van der Waals surface area contributed by atoms with Crippen LogP contribution in [0.3, 0.4) is 0 Å². The van der Waals surface area contributed by atoms with E-state index in [1.165, 1.54) is 25.4 Å². The van der Waals surface area contributed by atoms with E-state index in [0.29, 0.717) is 12.1 Å². The Bertz CT molecular complexity index is 562. The lowest BCUT2D eigenvalue weighted by Gasteiger charge is -2.21. The molecule has 0 bridgehead atoms. The molecule has 2 rings (SSSR count). The number of thiophene rings is 1. The molecule has 0 radical (unpaired) electrons. The van der Waals surface area contributed by atoms with Crippen LogP contribution in [0.2, 0.25) is 0 Å². The number of rotatable bonds is 4. The number of hydrogen-bond acceptors (Lipinski definition) is 2. The molecule has 0 fully saturated rings. The standard InChI is InChI=1S/C16H20BrNS/c1-10-9-15(13(4)19-10)12(3)18-11(2)14-7-5-6-8-16(14)17/h5-9,11-12,18H,1-4H3/t11-,12?/m0/s1. The van der Waals surface area contributed by atoms with Crippen LogP contribution in [0.1, 0.15) is 46.8 Å². The van der Waals surface area contributed by atoms with Gasteiger partial charge in [-0.05, 0) is 51.0 Å². The fourth-order valence-electron chi connectivity index (χ4n) is 2.46. The van der Waals surface area contributed by atoms with Crippen molar-refractivity contribution in [2.75, 3.05) is 0 Å². The zero-order valence-electron chi connectivity index (χ0n) is 11.8. The molecule has 0 saturated heterocycles. The molecule has 2 aromatic rings. The molecule has 0 aliphatic carbocycles. The summed E-state index contributed by atoms with van der Waals surface area (Å²) in [7, 11) is 0. The largest absolute Gasteiger partial charge is 0.304 e. The average molecular weight is 338 g/mol. The Kier molecular flexibility index (Phi) is 4.82. The Hall–Kier alpha value is -0.640. The number of aryl methyl sites for hydroxylation is 2. The van der Waals surface area contributed by atoms with Crippen molar-refractivity contribution in [2.45, 2.75) is 39.8 Å². The van der Waals surface area contributed by atoms with E-state index >= 15 is 0 Å². The van der Waals surface area contributed by atoms with Crippen LogP contribution in [-0.4, -0.2) is 0 Å². The summed E-state index contributed by atoms with van der Waals surface area (Å²) in [6.07, 6.45) is 0. The van der Waals surface area contributed by atoms with Crippen LogP contribution in [0, 0.1) is 13.8 Å². The number of nitrogens with one attached hydrogen (secondary N) is 1. The van der Waals surface area contributed by atoms with E-state index in [1.807, 2.05) is 11.3 Å². The zero-order chi connectivity index (χ0) is 14.0. The van der Waals surface area contributed by atoms with Gasteiger partial charge in [0, 0.05) is 26.3 Å². The lowest BCUT2D eigenvalue weighted by Crippen LogP contribution is -2.22. The van der Waals surface area contributed by atoms with Gasteiger partial charge in [0.25, 0.3) is 0 Å². The first kappa shape index (κ1) is 14.8. The monoisotopic (exact) mass is 337 g/mol. The van der Waals surface area contributed by atoms with Crippen LogP contribution in [-0.2, 0) is 0 Å². The second-order valence-electron chi connectivity index (χ2n) is 5.00. The molecule has 0 spiro atoms. The van der Waals surface area contributed by atoms with Crippen molar-refractivity contribution in [2.24, 2.45) is 0 Å². The van der Waals surface area contributed by atoms with Gasteiger partial charge in [-0.2, -0.15) is 0 Å². The van der Waals surface area contributed by atoms with Gasteiger partial charge in [0.05, 0.1) is 0 Å². The van der Waals surface area contributed by atoms with Crippen molar-refractivity contribution in [1.29, 1.82) is 0 Å². The molecule has 102 valence electrons. The van der Waals surface area contributed by atoms with Crippen molar-refractivity contribution in [3.63, 3.8) is 0 Å². The van der Waals surface area contributed by atoms with Crippen LogP contribution >= 0.6 is 27.3 Å². The second-order valence-corrected chi connectivity index (χ2v) is 7.31. The summed E-state index contributed by atoms with van der Waals surface area (Å²) in [5.74, 6) is 0. The Morgan fingerprint density at radius 1 is 1.05 bits per heavy atom. The van der Waals surface area contributed by atoms with Crippen LogP contribution in [0.5, 0.6) is 0 Å². The first-order valence-electron chi connectivity index (χ1n) is 6.56. The average Bonchev–Trinajstić information content (AvgIpc) is 2.69. The highest BCUT2D eigenvalue weighted by molar-refractivity contribution is 9.10. The highest BCUT2D eigenvalue weighted by Crippen LogP contribution is 2.29. The van der Waals surface area contributed by atoms with Gasteiger partial charge >= 0.3 is 0 Å². The van der Waals surface area contributed by atoms with Crippen molar-refractivity contribution in [3.05, 3.63) is 55.7 Å². The number of halogens is 1. The summed E-state index contributed by atoms with van der Waals surface area (Å²) in [6.45, 7) is 8.83. The van der Waals surface area contributed by atoms with Crippen LogP contribution < -0.4 is 5.32 Å². The van der Waals surface area contributed by atoms with Gasteiger partial charge in [0.2, 0.25) is 0 Å². The van der Waals surface area contributed by atoms with Crippen molar-refractivity contribution in [1.82, 2.24) is 5.32 Å². The van der Waals surface area contributed by atoms with Gasteiger partial charge in [-0.3, -0.25) is 0 Å². The first-order chi connectivity index (χ1) is 8.99. The molecule has 1 unspecified atom stereocenters. The maximum absolute atomic E-state index is 3.68. The summed E-state index contributed by atoms with van der Waals surface area (Å²) in [6, 6.07) is 11.4. The van der Waals surface area contributed by atoms with Crippen LogP contribution in [0.15, 0.2) is 34.8 Å². The van der Waals surface area contributed by atoms with E-state index in [4.69, 9.17) is 0 Å². The summed E-state index contributed by atoms with van der Waals surface area (Å²) in [5, 5.41) is 3.68. The predicted molar refractivity (Wildman–Crippen MR) is 87.9 cm³/mol. The molecular formula is C16H20BrNS. The van der Waals surface area contributed by atoms with Crippen LogP contribution in [0.25, 0.3) is 0 Å². The Morgan fingerprint density at radius 3 is 2.26 bits per heavy atom. The minimum Gasteiger partial charge on any atom is -0.304 e. The second kappa shape index (κ2) is 6.21. The van der Waals surface area contributed by atoms with Crippen molar-refractivity contribution < 1.29 is 0 Å². The summed E-state index contributed by atoms with van der Waals surface area (Å²) in [4.78, 5) is 2.80. The Balaban J connectivity index is 2.13. The molecule has 0 aliphatic heterocycles. The molecule has 1 aromatic carbocycles. The van der Waals surface area contributed by atoms with E-state index < -0.39 is 0 Å². The first-order valence-corrected chi connectivity index (χ1v) is 8.17. The van der Waals surface area contributed by atoms with Gasteiger partial charge in [-0.25, -0.2) is 0 Å². The molecule has 0 aliphatic rings. The fraction of sp³-hybridized carbons (Fsp3) is 0.375. The molecule has 19 heavy (non-hydrogen) atoms. The topological polar surface area (TPSA) is 12.0 Å². The Morgan fingerprint density at radius 2 is 1.68 bits per heavy atom. The zero-order valence-corrected chi connectivity index (χ0v) is 14.2. The van der Waals surface area contributed by atoms with E-state index in [-0.39, 0.29) is 0 Å². The fourth-order valence-corrected chi connectivity index (χ4v) is 4.11. The smallest absolute Gasteiger partial charge is 0.0308 e. The molecule has 1 nitrogen and oxygen atoms in total. The van der Waals surface area contributed by atoms with Gasteiger partial charge in [0.15, 0.2) is 0 Å². The third kappa shape index (κ3) is 3.47. The molecule has 2 atom stereocenters. The molecule has 1 aromatic heterocycles. The van der Waals surface area contributed by atoms with Gasteiger partial charge in [0.1, 0.15) is 0 Å². The minimum atomic E-state index is 0.324. The summed E-state index contributed by atoms with van der Waals surface area (Å²) >= 11 is 5.50. The third-order valence-electron chi connectivity index (χ3n) is 3.42. The minimum absolute atomic E-state index is 0.324. The molecule has 1 N–H and O–H groups in total. The third-order valence-corrected chi connectivity index (χ3v) is 5.12. The lowest BCUT2D eigenvalue weighted by atomic mass is 10.0. The van der Waals surface area contributed by atoms with Crippen LogP contribution in [0.4, 0.5) is 0 Å². The van der Waals surface area contributed by atoms with Crippen molar-refractivity contribution in [3.8, 4) is 0 Å². The van der Waals surface area contributed by atoms with E-state index in [1.54, 1.807) is 0 Å². The summed E-state index contributed by atoms with van der Waals surface area (Å²) < 4.78 is 1.17. The summed E-state index contributed by atoms with van der Waals surface area (Å²) in [5.41, 5.74) is 2.72. The Labute approximate surface area is 128 Å². The highest BCUT2D eigenvalue weighted by Gasteiger charge is 2.15. The predicted octanol–water partition coefficient (Wildman–Crippen LogP) is 5.54. The molecule has 0 saturated carbocycles. The maximum Gasteiger partial charge on any atom is 0.0308 e. The molecule has 3 heteroatoms. The highest BCUT2D eigenvalue weighted by atomic mass is 79.9. The maximum atomic E-state index is 3.68. The molecule has 1 heterocycles. The van der Waals surface area contributed by atoms with Gasteiger partial charge < -0.3 is 5.32 Å². The van der Waals surface area contributed by atoms with E-state index in [9.17, 15) is 0 Å². The number of hydrogen-bond donors (Lipinski definition) is 1. The van der Waals surface area contributed by atoms with E-state index in [2.05, 4.69) is 79.3 Å². The lowest BCUT2D eigenvalue weighted by molar-refractivity contribution is 0.493. The quantitative estimate of drug-likeness (QED) is 0.772. The number of benzene rings is 1. The van der Waals surface area contributed by atoms with E-state index in [0.717, 1.165) is 0 Å². The van der Waals surface area contributed by atoms with Crippen molar-refractivity contribution >= 4 is 27.3 Å². The molecular weight excluding hydrogens is 318 g/mol. The molecule has 0 amide bonds.